The van der Waals surface area contributed by atoms with E-state index in [1.165, 1.54) is 31.5 Å². The number of rotatable bonds is 6. The molecule has 2 rings (SSSR count). The Labute approximate surface area is 123 Å². The first-order valence-corrected chi connectivity index (χ1v) is 7.96. The van der Waals surface area contributed by atoms with Gasteiger partial charge < -0.3 is 10.1 Å². The Hall–Kier alpha value is -1.27. The van der Waals surface area contributed by atoms with Gasteiger partial charge in [-0.2, -0.15) is 11.8 Å². The van der Waals surface area contributed by atoms with Crippen molar-refractivity contribution in [3.63, 3.8) is 0 Å². The molecule has 1 saturated heterocycles. The van der Waals surface area contributed by atoms with Crippen LogP contribution in [0.1, 0.15) is 18.4 Å². The molecule has 0 amide bonds. The molecule has 0 spiro atoms. The van der Waals surface area contributed by atoms with Crippen molar-refractivity contribution >= 4 is 17.4 Å². The Bertz CT molecular complexity index is 462. The highest BCUT2D eigenvalue weighted by molar-refractivity contribution is 7.99. The van der Waals surface area contributed by atoms with Crippen molar-refractivity contribution in [1.82, 2.24) is 5.32 Å². The van der Waals surface area contributed by atoms with E-state index < -0.39 is 4.92 Å². The van der Waals surface area contributed by atoms with Crippen LogP contribution < -0.4 is 10.1 Å². The highest BCUT2D eigenvalue weighted by Gasteiger charge is 2.16. The van der Waals surface area contributed by atoms with E-state index >= 15 is 0 Å². The van der Waals surface area contributed by atoms with E-state index in [2.05, 4.69) is 5.32 Å². The Balaban J connectivity index is 1.89. The van der Waals surface area contributed by atoms with Crippen molar-refractivity contribution in [2.75, 3.05) is 25.2 Å². The van der Waals surface area contributed by atoms with Gasteiger partial charge in [0.1, 0.15) is 0 Å². The molecule has 5 nitrogen and oxygen atoms in total. The van der Waals surface area contributed by atoms with Crippen molar-refractivity contribution < 1.29 is 9.66 Å². The van der Waals surface area contributed by atoms with E-state index in [9.17, 15) is 10.1 Å². The molecular formula is C14H20N2O3S. The zero-order valence-corrected chi connectivity index (χ0v) is 12.4. The van der Waals surface area contributed by atoms with E-state index in [4.69, 9.17) is 4.74 Å². The number of nitro groups is 1. The van der Waals surface area contributed by atoms with Crippen LogP contribution in [-0.4, -0.2) is 30.1 Å². The Morgan fingerprint density at radius 2 is 2.20 bits per heavy atom. The minimum Gasteiger partial charge on any atom is -0.490 e. The van der Waals surface area contributed by atoms with Crippen molar-refractivity contribution in [1.29, 1.82) is 0 Å². The van der Waals surface area contributed by atoms with Crippen LogP contribution >= 0.6 is 11.8 Å². The molecule has 0 aromatic heterocycles. The van der Waals surface area contributed by atoms with Crippen LogP contribution in [0.25, 0.3) is 0 Å². The van der Waals surface area contributed by atoms with Crippen LogP contribution in [0.2, 0.25) is 0 Å². The highest BCUT2D eigenvalue weighted by Crippen LogP contribution is 2.27. The molecule has 1 fully saturated rings. The van der Waals surface area contributed by atoms with Crippen LogP contribution in [0.4, 0.5) is 5.69 Å². The quantitative estimate of drug-likeness (QED) is 0.646. The molecular weight excluding hydrogens is 276 g/mol. The summed E-state index contributed by atoms with van der Waals surface area (Å²) < 4.78 is 5.00. The fourth-order valence-corrected chi connectivity index (χ4v) is 3.56. The summed E-state index contributed by atoms with van der Waals surface area (Å²) in [7, 11) is 1.45. The fourth-order valence-electron chi connectivity index (χ4n) is 2.36. The van der Waals surface area contributed by atoms with E-state index in [-0.39, 0.29) is 5.69 Å². The molecule has 1 aliphatic heterocycles. The topological polar surface area (TPSA) is 64.4 Å². The summed E-state index contributed by atoms with van der Waals surface area (Å²) >= 11 is 2.02. The average Bonchev–Trinajstić information content (AvgIpc) is 2.48. The van der Waals surface area contributed by atoms with Gasteiger partial charge in [-0.25, -0.2) is 0 Å². The summed E-state index contributed by atoms with van der Waals surface area (Å²) in [6.07, 6.45) is 2.53. The molecule has 110 valence electrons. The van der Waals surface area contributed by atoms with Gasteiger partial charge in [0.05, 0.1) is 12.0 Å². The summed E-state index contributed by atoms with van der Waals surface area (Å²) in [6.45, 7) is 1.65. The van der Waals surface area contributed by atoms with Crippen LogP contribution in [0, 0.1) is 16.0 Å². The molecule has 1 aliphatic rings. The number of thioether (sulfide) groups is 1. The maximum atomic E-state index is 11.0. The number of ether oxygens (including phenoxy) is 1. The largest absolute Gasteiger partial charge is 0.490 e. The van der Waals surface area contributed by atoms with E-state index in [0.29, 0.717) is 12.3 Å². The number of hydrogen-bond acceptors (Lipinski definition) is 5. The third-order valence-electron chi connectivity index (χ3n) is 3.54. The van der Waals surface area contributed by atoms with Crippen LogP contribution in [0.5, 0.6) is 5.75 Å². The summed E-state index contributed by atoms with van der Waals surface area (Å²) in [4.78, 5) is 10.6. The summed E-state index contributed by atoms with van der Waals surface area (Å²) in [5.74, 6) is 3.55. The number of nitrogens with zero attached hydrogens (tertiary/aromatic N) is 1. The second kappa shape index (κ2) is 7.50. The lowest BCUT2D eigenvalue weighted by Gasteiger charge is -2.21. The van der Waals surface area contributed by atoms with Crippen molar-refractivity contribution in [2.45, 2.75) is 19.4 Å². The Morgan fingerprint density at radius 3 is 2.85 bits per heavy atom. The molecule has 0 aliphatic carbocycles. The molecule has 0 unspecified atom stereocenters. The van der Waals surface area contributed by atoms with Gasteiger partial charge in [-0.3, -0.25) is 10.1 Å². The molecule has 20 heavy (non-hydrogen) atoms. The maximum absolute atomic E-state index is 11.0. The summed E-state index contributed by atoms with van der Waals surface area (Å²) in [5, 5.41) is 14.4. The lowest BCUT2D eigenvalue weighted by atomic mass is 10.0. The van der Waals surface area contributed by atoms with Gasteiger partial charge >= 0.3 is 5.69 Å². The Morgan fingerprint density at radius 1 is 1.45 bits per heavy atom. The summed E-state index contributed by atoms with van der Waals surface area (Å²) in [6, 6.07) is 5.12. The van der Waals surface area contributed by atoms with E-state index in [1.807, 2.05) is 17.8 Å². The minimum atomic E-state index is -0.402. The normalized spacial score (nSPS) is 16.1. The van der Waals surface area contributed by atoms with Gasteiger partial charge in [0.15, 0.2) is 5.75 Å². The molecule has 1 aromatic rings. The standard InChI is InChI=1S/C14H20N2O3S/c1-19-14-3-2-12(8-13(14)16(17)18)10-15-9-11-4-6-20-7-5-11/h2-3,8,11,15H,4-7,9-10H2,1H3. The average molecular weight is 296 g/mol. The van der Waals surface area contributed by atoms with Gasteiger partial charge in [0.25, 0.3) is 0 Å². The predicted molar refractivity (Wildman–Crippen MR) is 81.4 cm³/mol. The maximum Gasteiger partial charge on any atom is 0.311 e. The first-order chi connectivity index (χ1) is 9.70. The highest BCUT2D eigenvalue weighted by atomic mass is 32.2. The smallest absolute Gasteiger partial charge is 0.311 e. The molecule has 0 saturated carbocycles. The molecule has 1 N–H and O–H groups in total. The molecule has 6 heteroatoms. The number of hydrogen-bond donors (Lipinski definition) is 1. The van der Waals surface area contributed by atoms with E-state index in [0.717, 1.165) is 18.0 Å². The molecule has 0 radical (unpaired) electrons. The molecule has 0 atom stereocenters. The third-order valence-corrected chi connectivity index (χ3v) is 4.59. The van der Waals surface area contributed by atoms with E-state index in [1.54, 1.807) is 12.1 Å². The first-order valence-electron chi connectivity index (χ1n) is 6.80. The first kappa shape index (κ1) is 15.1. The number of nitro benzene ring substituents is 1. The van der Waals surface area contributed by atoms with Crippen LogP contribution in [-0.2, 0) is 6.54 Å². The van der Waals surface area contributed by atoms with Gasteiger partial charge in [0, 0.05) is 12.6 Å². The Kier molecular flexibility index (Phi) is 5.67. The van der Waals surface area contributed by atoms with Crippen molar-refractivity contribution in [3.8, 4) is 5.75 Å². The second-order valence-corrected chi connectivity index (χ2v) is 6.17. The fraction of sp³-hybridized carbons (Fsp3) is 0.571. The zero-order valence-electron chi connectivity index (χ0n) is 11.6. The van der Waals surface area contributed by atoms with Gasteiger partial charge in [-0.1, -0.05) is 6.07 Å². The number of methoxy groups -OCH3 is 1. The van der Waals surface area contributed by atoms with Crippen molar-refractivity contribution in [2.24, 2.45) is 5.92 Å². The lowest BCUT2D eigenvalue weighted by molar-refractivity contribution is -0.385. The minimum absolute atomic E-state index is 0.0286. The predicted octanol–water partition coefficient (Wildman–Crippen LogP) is 2.84. The molecule has 1 heterocycles. The van der Waals surface area contributed by atoms with Crippen LogP contribution in [0.3, 0.4) is 0 Å². The van der Waals surface area contributed by atoms with Crippen LogP contribution in [0.15, 0.2) is 18.2 Å². The zero-order chi connectivity index (χ0) is 14.4. The summed E-state index contributed by atoms with van der Waals surface area (Å²) in [5.41, 5.74) is 0.948. The number of benzene rings is 1. The molecule has 0 bridgehead atoms. The number of nitrogens with one attached hydrogen (secondary N) is 1. The van der Waals surface area contributed by atoms with Gasteiger partial charge in [0.2, 0.25) is 0 Å². The van der Waals surface area contributed by atoms with Gasteiger partial charge in [-0.05, 0) is 48.4 Å². The monoisotopic (exact) mass is 296 g/mol. The molecule has 1 aromatic carbocycles. The SMILES string of the molecule is COc1ccc(CNCC2CCSCC2)cc1[N+](=O)[O-]. The third kappa shape index (κ3) is 4.11. The van der Waals surface area contributed by atoms with Gasteiger partial charge in [-0.15, -0.1) is 0 Å². The second-order valence-electron chi connectivity index (χ2n) is 4.95. The van der Waals surface area contributed by atoms with Crippen molar-refractivity contribution in [3.05, 3.63) is 33.9 Å². The lowest BCUT2D eigenvalue weighted by Crippen LogP contribution is -2.25.